The van der Waals surface area contributed by atoms with Gasteiger partial charge in [0.15, 0.2) is 0 Å². The Balaban J connectivity index is 1.28. The van der Waals surface area contributed by atoms with Gasteiger partial charge in [0.25, 0.3) is 11.8 Å². The molecule has 2 N–H and O–H groups in total. The number of aryl methyl sites for hydroxylation is 1. The summed E-state index contributed by atoms with van der Waals surface area (Å²) >= 11 is 1.42. The number of fused-ring (bicyclic) bond motifs is 1. The van der Waals surface area contributed by atoms with Crippen molar-refractivity contribution in [3.8, 4) is 0 Å². The first-order valence-corrected chi connectivity index (χ1v) is 14.0. The van der Waals surface area contributed by atoms with Gasteiger partial charge in [0.2, 0.25) is 5.91 Å². The van der Waals surface area contributed by atoms with Gasteiger partial charge in [0.05, 0.1) is 5.75 Å². The molecular weight excluding hydrogens is 518 g/mol. The summed E-state index contributed by atoms with van der Waals surface area (Å²) in [5.41, 5.74) is 5.16. The third kappa shape index (κ3) is 6.68. The van der Waals surface area contributed by atoms with Crippen molar-refractivity contribution in [2.75, 3.05) is 22.5 Å². The molecule has 1 heterocycles. The molecule has 0 bridgehead atoms. The number of benzene rings is 4. The number of carbonyl (C=O) groups is 3. The van der Waals surface area contributed by atoms with Gasteiger partial charge in [-0.25, -0.2) is 0 Å². The summed E-state index contributed by atoms with van der Waals surface area (Å²) in [6.45, 7) is 2.66. The molecule has 6 nitrogen and oxygen atoms in total. The Hall–Kier alpha value is -4.62. The topological polar surface area (TPSA) is 78.5 Å². The second-order valence-electron chi connectivity index (χ2n) is 9.49. The summed E-state index contributed by atoms with van der Waals surface area (Å²) in [5, 5.41) is 5.67. The van der Waals surface area contributed by atoms with Crippen LogP contribution < -0.4 is 15.5 Å². The highest BCUT2D eigenvalue weighted by molar-refractivity contribution is 8.00. The van der Waals surface area contributed by atoms with Gasteiger partial charge in [-0.1, -0.05) is 72.3 Å². The molecule has 7 heteroatoms. The molecule has 4 aromatic carbocycles. The zero-order valence-corrected chi connectivity index (χ0v) is 22.9. The molecule has 0 aliphatic carbocycles. The fraction of sp³-hybridized carbons (Fsp3) is 0.121. The molecule has 200 valence electrons. The molecule has 0 radical (unpaired) electrons. The van der Waals surface area contributed by atoms with Crippen LogP contribution in [-0.2, 0) is 16.0 Å². The zero-order chi connectivity index (χ0) is 27.9. The van der Waals surface area contributed by atoms with E-state index < -0.39 is 5.91 Å². The average Bonchev–Trinajstić information content (AvgIpc) is 3.41. The normalized spacial score (nSPS) is 12.5. The third-order valence-electron chi connectivity index (χ3n) is 6.52. The quantitative estimate of drug-likeness (QED) is 0.207. The van der Waals surface area contributed by atoms with Gasteiger partial charge in [0.1, 0.15) is 5.70 Å². The Morgan fingerprint density at radius 2 is 1.65 bits per heavy atom. The Morgan fingerprint density at radius 1 is 0.875 bits per heavy atom. The maximum Gasteiger partial charge on any atom is 0.272 e. The van der Waals surface area contributed by atoms with Gasteiger partial charge >= 0.3 is 0 Å². The highest BCUT2D eigenvalue weighted by Gasteiger charge is 2.24. The molecule has 5 rings (SSSR count). The van der Waals surface area contributed by atoms with E-state index in [0.717, 1.165) is 28.1 Å². The van der Waals surface area contributed by atoms with Crippen molar-refractivity contribution in [3.05, 3.63) is 131 Å². The number of hydrogen-bond donors (Lipinski definition) is 2. The number of nitrogens with zero attached hydrogens (tertiary/aromatic N) is 1. The minimum atomic E-state index is -0.447. The predicted octanol–water partition coefficient (Wildman–Crippen LogP) is 6.09. The van der Waals surface area contributed by atoms with E-state index in [4.69, 9.17) is 0 Å². The van der Waals surface area contributed by atoms with Crippen LogP contribution in [0.25, 0.3) is 6.08 Å². The molecule has 0 aromatic heterocycles. The van der Waals surface area contributed by atoms with Crippen molar-refractivity contribution in [1.82, 2.24) is 5.32 Å². The van der Waals surface area contributed by atoms with E-state index in [2.05, 4.69) is 16.7 Å². The smallest absolute Gasteiger partial charge is 0.272 e. The van der Waals surface area contributed by atoms with Crippen LogP contribution in [0.4, 0.5) is 11.4 Å². The van der Waals surface area contributed by atoms with E-state index in [1.165, 1.54) is 17.3 Å². The number of amides is 3. The van der Waals surface area contributed by atoms with Crippen LogP contribution in [0.15, 0.2) is 114 Å². The Labute approximate surface area is 238 Å². The largest absolute Gasteiger partial charge is 0.321 e. The summed E-state index contributed by atoms with van der Waals surface area (Å²) in [6.07, 6.45) is 2.53. The maximum absolute atomic E-state index is 13.4. The first-order chi connectivity index (χ1) is 19.5. The molecule has 0 atom stereocenters. The monoisotopic (exact) mass is 547 g/mol. The van der Waals surface area contributed by atoms with Crippen LogP contribution in [0.1, 0.15) is 27.0 Å². The van der Waals surface area contributed by atoms with Crippen LogP contribution in [0.5, 0.6) is 0 Å². The van der Waals surface area contributed by atoms with Crippen molar-refractivity contribution in [2.45, 2.75) is 18.2 Å². The second kappa shape index (κ2) is 12.5. The zero-order valence-electron chi connectivity index (χ0n) is 22.1. The first-order valence-electron chi connectivity index (χ1n) is 13.0. The lowest BCUT2D eigenvalue weighted by Crippen LogP contribution is -2.30. The standard InChI is InChI=1S/C33H29N3O3S/c1-23-9-7-10-24(19-23)20-29(35-32(38)26-12-3-2-4-13-26)33(39)34-27-14-8-15-28(21-27)40-22-31(37)36-18-17-25-11-5-6-16-30(25)36/h2-16,19-21H,17-18,22H2,1H3,(H,34,39)(H,35,38)/b29-20-. The molecule has 0 saturated heterocycles. The summed E-state index contributed by atoms with van der Waals surface area (Å²) in [7, 11) is 0. The lowest BCUT2D eigenvalue weighted by Gasteiger charge is -2.17. The van der Waals surface area contributed by atoms with Gasteiger partial charge < -0.3 is 15.5 Å². The molecule has 0 saturated carbocycles. The molecule has 0 fully saturated rings. The number of anilines is 2. The Morgan fingerprint density at radius 3 is 2.48 bits per heavy atom. The molecule has 1 aliphatic rings. The Bertz CT molecular complexity index is 1580. The van der Waals surface area contributed by atoms with Crippen molar-refractivity contribution in [2.24, 2.45) is 0 Å². The minimum absolute atomic E-state index is 0.0522. The summed E-state index contributed by atoms with van der Waals surface area (Å²) in [4.78, 5) is 41.9. The maximum atomic E-state index is 13.4. The molecule has 0 unspecified atom stereocenters. The highest BCUT2D eigenvalue weighted by atomic mass is 32.2. The van der Waals surface area contributed by atoms with Crippen LogP contribution in [-0.4, -0.2) is 30.0 Å². The summed E-state index contributed by atoms with van der Waals surface area (Å²) < 4.78 is 0. The molecule has 1 aliphatic heterocycles. The number of carbonyl (C=O) groups excluding carboxylic acids is 3. The van der Waals surface area contributed by atoms with Gasteiger partial charge in [-0.3, -0.25) is 14.4 Å². The minimum Gasteiger partial charge on any atom is -0.321 e. The highest BCUT2D eigenvalue weighted by Crippen LogP contribution is 2.29. The fourth-order valence-corrected chi connectivity index (χ4v) is 5.38. The number of thioether (sulfide) groups is 1. The van der Waals surface area contributed by atoms with Gasteiger partial charge in [-0.05, 0) is 66.9 Å². The van der Waals surface area contributed by atoms with E-state index in [-0.39, 0.29) is 23.3 Å². The van der Waals surface area contributed by atoms with Gasteiger partial charge in [0, 0.05) is 28.4 Å². The SMILES string of the molecule is Cc1cccc(/C=C(\NC(=O)c2ccccc2)C(=O)Nc2cccc(SCC(=O)N3CCc4ccccc43)c2)c1. The molecule has 40 heavy (non-hydrogen) atoms. The van der Waals surface area contributed by atoms with Crippen LogP contribution in [0, 0.1) is 6.92 Å². The van der Waals surface area contributed by atoms with Crippen molar-refractivity contribution in [1.29, 1.82) is 0 Å². The fourth-order valence-electron chi connectivity index (χ4n) is 4.55. The number of hydrogen-bond acceptors (Lipinski definition) is 4. The summed E-state index contributed by atoms with van der Waals surface area (Å²) in [6, 6.07) is 31.8. The Kier molecular flexibility index (Phi) is 8.42. The first kappa shape index (κ1) is 27.0. The van der Waals surface area contributed by atoms with E-state index in [1.54, 1.807) is 36.4 Å². The van der Waals surface area contributed by atoms with Crippen molar-refractivity contribution < 1.29 is 14.4 Å². The van der Waals surface area contributed by atoms with E-state index in [0.29, 0.717) is 17.8 Å². The van der Waals surface area contributed by atoms with Gasteiger partial charge in [-0.2, -0.15) is 0 Å². The molecule has 4 aromatic rings. The van der Waals surface area contributed by atoms with Crippen molar-refractivity contribution >= 4 is 46.9 Å². The lowest BCUT2D eigenvalue weighted by molar-refractivity contribution is -0.116. The molecule has 3 amide bonds. The second-order valence-corrected chi connectivity index (χ2v) is 10.5. The molecule has 0 spiro atoms. The molecular formula is C33H29N3O3S. The van der Waals surface area contributed by atoms with Crippen LogP contribution in [0.2, 0.25) is 0 Å². The number of para-hydroxylation sites is 1. The third-order valence-corrected chi connectivity index (χ3v) is 7.50. The van der Waals surface area contributed by atoms with Gasteiger partial charge in [-0.15, -0.1) is 11.8 Å². The van der Waals surface area contributed by atoms with Crippen molar-refractivity contribution in [3.63, 3.8) is 0 Å². The predicted molar refractivity (Wildman–Crippen MR) is 161 cm³/mol. The van der Waals surface area contributed by atoms with E-state index in [9.17, 15) is 14.4 Å². The lowest BCUT2D eigenvalue weighted by atomic mass is 10.1. The van der Waals surface area contributed by atoms with E-state index >= 15 is 0 Å². The average molecular weight is 548 g/mol. The number of rotatable bonds is 8. The van der Waals surface area contributed by atoms with Crippen LogP contribution >= 0.6 is 11.8 Å². The van der Waals surface area contributed by atoms with E-state index in [1.807, 2.05) is 78.6 Å². The van der Waals surface area contributed by atoms with Crippen LogP contribution in [0.3, 0.4) is 0 Å². The number of nitrogens with one attached hydrogen (secondary N) is 2. The summed E-state index contributed by atoms with van der Waals surface area (Å²) in [5.74, 6) is -0.479.